The highest BCUT2D eigenvalue weighted by molar-refractivity contribution is 6.09. The highest BCUT2D eigenvalue weighted by Gasteiger charge is 2.27. The third kappa shape index (κ3) is 3.21. The molecule has 0 radical (unpaired) electrons. The van der Waals surface area contributed by atoms with Crippen molar-refractivity contribution < 1.29 is 14.3 Å². The van der Waals surface area contributed by atoms with Gasteiger partial charge in [-0.3, -0.25) is 9.59 Å². The number of benzene rings is 1. The summed E-state index contributed by atoms with van der Waals surface area (Å²) in [5, 5.41) is 6.57. The van der Waals surface area contributed by atoms with Crippen LogP contribution in [0.1, 0.15) is 42.2 Å². The van der Waals surface area contributed by atoms with E-state index in [0.717, 1.165) is 36.0 Å². The van der Waals surface area contributed by atoms with Crippen LogP contribution in [0.25, 0.3) is 10.9 Å². The Labute approximate surface area is 147 Å². The molecule has 1 aliphatic heterocycles. The van der Waals surface area contributed by atoms with Crippen LogP contribution in [0.15, 0.2) is 18.2 Å². The Morgan fingerprint density at radius 3 is 2.92 bits per heavy atom. The van der Waals surface area contributed by atoms with Gasteiger partial charge in [0, 0.05) is 29.7 Å². The molecule has 134 valence electrons. The van der Waals surface area contributed by atoms with Crippen molar-refractivity contribution in [1.29, 1.82) is 0 Å². The molecule has 1 atom stereocenters. The monoisotopic (exact) mass is 343 g/mol. The molecule has 0 bridgehead atoms. The number of piperidine rings is 1. The molecule has 6 nitrogen and oxygen atoms in total. The number of hydrogen-bond acceptors (Lipinski definition) is 3. The molecule has 2 N–H and O–H groups in total. The van der Waals surface area contributed by atoms with Crippen LogP contribution in [-0.2, 0) is 11.3 Å². The maximum Gasteiger partial charge on any atom is 0.254 e. The van der Waals surface area contributed by atoms with Gasteiger partial charge in [0.05, 0.1) is 12.7 Å². The molecule has 1 saturated heterocycles. The van der Waals surface area contributed by atoms with Crippen molar-refractivity contribution in [3.8, 4) is 5.75 Å². The molecule has 1 fully saturated rings. The molecule has 0 spiro atoms. The van der Waals surface area contributed by atoms with E-state index in [9.17, 15) is 9.59 Å². The number of amides is 2. The predicted octanol–water partition coefficient (Wildman–Crippen LogP) is 2.38. The van der Waals surface area contributed by atoms with Crippen molar-refractivity contribution in [2.45, 2.75) is 45.7 Å². The lowest BCUT2D eigenvalue weighted by Crippen LogP contribution is -2.50. The van der Waals surface area contributed by atoms with Gasteiger partial charge in [0.1, 0.15) is 11.8 Å². The van der Waals surface area contributed by atoms with Gasteiger partial charge in [-0.25, -0.2) is 0 Å². The van der Waals surface area contributed by atoms with E-state index in [1.165, 1.54) is 0 Å². The van der Waals surface area contributed by atoms with Gasteiger partial charge in [0.15, 0.2) is 0 Å². The molecule has 1 aliphatic rings. The second-order valence-electron chi connectivity index (χ2n) is 6.45. The molecular weight excluding hydrogens is 318 g/mol. The Morgan fingerprint density at radius 1 is 1.44 bits per heavy atom. The van der Waals surface area contributed by atoms with Gasteiger partial charge in [-0.2, -0.15) is 0 Å². The zero-order chi connectivity index (χ0) is 18.0. The van der Waals surface area contributed by atoms with E-state index in [1.54, 1.807) is 7.11 Å². The third-order valence-corrected chi connectivity index (χ3v) is 4.80. The lowest BCUT2D eigenvalue weighted by molar-refractivity contribution is -0.124. The molecular formula is C19H25N3O3. The van der Waals surface area contributed by atoms with E-state index in [0.29, 0.717) is 24.3 Å². The minimum atomic E-state index is -0.462. The number of nitrogens with one attached hydrogen (secondary N) is 2. The first kappa shape index (κ1) is 17.3. The summed E-state index contributed by atoms with van der Waals surface area (Å²) in [7, 11) is 1.61. The molecule has 0 aliphatic carbocycles. The summed E-state index contributed by atoms with van der Waals surface area (Å²) in [6.07, 6.45) is 2.53. The minimum absolute atomic E-state index is 0.105. The van der Waals surface area contributed by atoms with Crippen molar-refractivity contribution in [2.24, 2.45) is 0 Å². The Balaban J connectivity index is 2.02. The molecule has 0 saturated carbocycles. The minimum Gasteiger partial charge on any atom is -0.497 e. The largest absolute Gasteiger partial charge is 0.497 e. The molecule has 2 amide bonds. The number of ether oxygens (including phenoxy) is 1. The van der Waals surface area contributed by atoms with Crippen molar-refractivity contribution in [2.75, 3.05) is 13.7 Å². The Kier molecular flexibility index (Phi) is 4.97. The quantitative estimate of drug-likeness (QED) is 0.875. The Hall–Kier alpha value is -2.50. The van der Waals surface area contributed by atoms with Crippen molar-refractivity contribution in [3.05, 3.63) is 29.5 Å². The van der Waals surface area contributed by atoms with Crippen LogP contribution in [0.5, 0.6) is 5.75 Å². The molecule has 25 heavy (non-hydrogen) atoms. The highest BCUT2D eigenvalue weighted by atomic mass is 16.5. The van der Waals surface area contributed by atoms with E-state index in [4.69, 9.17) is 4.74 Å². The number of rotatable bonds is 5. The summed E-state index contributed by atoms with van der Waals surface area (Å²) in [6, 6.07) is 5.32. The summed E-state index contributed by atoms with van der Waals surface area (Å²) in [6.45, 7) is 5.59. The van der Waals surface area contributed by atoms with Crippen LogP contribution in [0.3, 0.4) is 0 Å². The average Bonchev–Trinajstić information content (AvgIpc) is 2.88. The van der Waals surface area contributed by atoms with Crippen LogP contribution in [0.2, 0.25) is 0 Å². The number of nitrogens with zero attached hydrogens (tertiary/aromatic N) is 1. The summed E-state index contributed by atoms with van der Waals surface area (Å²) in [4.78, 5) is 24.9. The van der Waals surface area contributed by atoms with Crippen molar-refractivity contribution in [1.82, 2.24) is 15.2 Å². The fourth-order valence-electron chi connectivity index (χ4n) is 3.53. The number of aromatic nitrogens is 1. The van der Waals surface area contributed by atoms with Gasteiger partial charge in [0.2, 0.25) is 5.91 Å². The van der Waals surface area contributed by atoms with E-state index in [1.807, 2.05) is 25.1 Å². The van der Waals surface area contributed by atoms with Crippen molar-refractivity contribution >= 4 is 22.7 Å². The average molecular weight is 343 g/mol. The second-order valence-corrected chi connectivity index (χ2v) is 6.45. The Bertz CT molecular complexity index is 810. The molecule has 1 aromatic heterocycles. The van der Waals surface area contributed by atoms with Gasteiger partial charge >= 0.3 is 0 Å². The molecule has 2 aromatic rings. The normalized spacial score (nSPS) is 17.4. The predicted molar refractivity (Wildman–Crippen MR) is 97.0 cm³/mol. The summed E-state index contributed by atoms with van der Waals surface area (Å²) >= 11 is 0. The first-order valence-corrected chi connectivity index (χ1v) is 8.82. The zero-order valence-corrected chi connectivity index (χ0v) is 15.0. The van der Waals surface area contributed by atoms with Gasteiger partial charge in [-0.05, 0) is 44.4 Å². The van der Waals surface area contributed by atoms with Crippen LogP contribution in [-0.4, -0.2) is 36.1 Å². The zero-order valence-electron chi connectivity index (χ0n) is 15.0. The van der Waals surface area contributed by atoms with Gasteiger partial charge < -0.3 is 19.9 Å². The number of carbonyl (C=O) groups is 2. The second kappa shape index (κ2) is 7.17. The van der Waals surface area contributed by atoms with E-state index < -0.39 is 6.04 Å². The SMILES string of the molecule is CCCn1c(C)c(C(=O)N[C@@H]2CCCNC2=O)c2cc(OC)ccc21. The molecule has 3 rings (SSSR count). The Morgan fingerprint density at radius 2 is 2.24 bits per heavy atom. The summed E-state index contributed by atoms with van der Waals surface area (Å²) < 4.78 is 7.49. The molecule has 1 aromatic carbocycles. The van der Waals surface area contributed by atoms with Gasteiger partial charge in [-0.15, -0.1) is 0 Å². The van der Waals surface area contributed by atoms with E-state index in [2.05, 4.69) is 22.1 Å². The van der Waals surface area contributed by atoms with Crippen molar-refractivity contribution in [3.63, 3.8) is 0 Å². The van der Waals surface area contributed by atoms with Gasteiger partial charge in [-0.1, -0.05) is 6.92 Å². The van der Waals surface area contributed by atoms with Crippen LogP contribution >= 0.6 is 0 Å². The van der Waals surface area contributed by atoms with Crippen LogP contribution < -0.4 is 15.4 Å². The first-order chi connectivity index (χ1) is 12.1. The summed E-state index contributed by atoms with van der Waals surface area (Å²) in [5.41, 5.74) is 2.55. The molecule has 0 unspecified atom stereocenters. The lowest BCUT2D eigenvalue weighted by Gasteiger charge is -2.22. The molecule has 6 heteroatoms. The number of carbonyl (C=O) groups excluding carboxylic acids is 2. The number of fused-ring (bicyclic) bond motifs is 1. The fourth-order valence-corrected chi connectivity index (χ4v) is 3.53. The lowest BCUT2D eigenvalue weighted by atomic mass is 10.0. The fraction of sp³-hybridized carbons (Fsp3) is 0.474. The van der Waals surface area contributed by atoms with Gasteiger partial charge in [0.25, 0.3) is 5.91 Å². The number of hydrogen-bond donors (Lipinski definition) is 2. The topological polar surface area (TPSA) is 72.4 Å². The van der Waals surface area contributed by atoms with E-state index >= 15 is 0 Å². The maximum absolute atomic E-state index is 13.0. The number of aryl methyl sites for hydroxylation is 1. The highest BCUT2D eigenvalue weighted by Crippen LogP contribution is 2.30. The first-order valence-electron chi connectivity index (χ1n) is 8.82. The smallest absolute Gasteiger partial charge is 0.254 e. The number of methoxy groups -OCH3 is 1. The van der Waals surface area contributed by atoms with E-state index in [-0.39, 0.29) is 11.8 Å². The van der Waals surface area contributed by atoms with Crippen LogP contribution in [0.4, 0.5) is 0 Å². The molecule has 2 heterocycles. The maximum atomic E-state index is 13.0. The third-order valence-electron chi connectivity index (χ3n) is 4.80. The standard InChI is InChI=1S/C19H25N3O3/c1-4-10-22-12(2)17(14-11-13(25-3)7-8-16(14)22)19(24)21-15-6-5-9-20-18(15)23/h7-8,11,15H,4-6,9-10H2,1-3H3,(H,20,23)(H,21,24)/t15-/m1/s1. The van der Waals surface area contributed by atoms with Crippen LogP contribution in [0, 0.1) is 6.92 Å². The summed E-state index contributed by atoms with van der Waals surface area (Å²) in [5.74, 6) is 0.408.